The zero-order valence-electron chi connectivity index (χ0n) is 13.5. The zero-order valence-corrected chi connectivity index (χ0v) is 13.5. The number of benzene rings is 1. The Morgan fingerprint density at radius 3 is 2.48 bits per heavy atom. The highest BCUT2D eigenvalue weighted by molar-refractivity contribution is 6.02. The Labute approximate surface area is 127 Å². The lowest BCUT2D eigenvalue weighted by molar-refractivity contribution is 0.318. The summed E-state index contributed by atoms with van der Waals surface area (Å²) >= 11 is 0. The van der Waals surface area contributed by atoms with Crippen LogP contribution in [0, 0.1) is 5.92 Å². The van der Waals surface area contributed by atoms with Crippen molar-refractivity contribution in [2.24, 2.45) is 16.8 Å². The van der Waals surface area contributed by atoms with Gasteiger partial charge in [-0.1, -0.05) is 31.8 Å². The normalized spacial score (nSPS) is 11.8. The number of rotatable bonds is 8. The third-order valence-corrected chi connectivity index (χ3v) is 3.94. The number of nitrogens with zero attached hydrogens (tertiary/aromatic N) is 2. The summed E-state index contributed by atoms with van der Waals surface area (Å²) in [6.07, 6.45) is 2.27. The zero-order chi connectivity index (χ0) is 15.8. The molecule has 0 aliphatic rings. The summed E-state index contributed by atoms with van der Waals surface area (Å²) < 4.78 is 5.31. The van der Waals surface area contributed by atoms with Gasteiger partial charge in [-0.25, -0.2) is 0 Å². The third-order valence-electron chi connectivity index (χ3n) is 3.94. The number of methoxy groups -OCH3 is 1. The highest BCUT2D eigenvalue weighted by atomic mass is 16.5. The van der Waals surface area contributed by atoms with Gasteiger partial charge in [0.2, 0.25) is 0 Å². The topological polar surface area (TPSA) is 71.1 Å². The van der Waals surface area contributed by atoms with Crippen LogP contribution in [-0.4, -0.2) is 31.2 Å². The van der Waals surface area contributed by atoms with E-state index >= 15 is 0 Å². The first-order valence-corrected chi connectivity index (χ1v) is 7.51. The number of anilines is 1. The van der Waals surface area contributed by atoms with Crippen molar-refractivity contribution in [3.63, 3.8) is 0 Å². The second kappa shape index (κ2) is 8.39. The Morgan fingerprint density at radius 2 is 2.00 bits per heavy atom. The van der Waals surface area contributed by atoms with Gasteiger partial charge in [0.1, 0.15) is 5.75 Å². The van der Waals surface area contributed by atoms with Gasteiger partial charge >= 0.3 is 0 Å². The molecule has 0 saturated carbocycles. The van der Waals surface area contributed by atoms with Crippen molar-refractivity contribution in [1.82, 2.24) is 0 Å². The molecule has 0 heterocycles. The highest BCUT2D eigenvalue weighted by Crippen LogP contribution is 2.27. The molecule has 0 aliphatic carbocycles. The van der Waals surface area contributed by atoms with Crippen LogP contribution in [0.5, 0.6) is 5.75 Å². The van der Waals surface area contributed by atoms with Crippen molar-refractivity contribution >= 4 is 11.5 Å². The van der Waals surface area contributed by atoms with Crippen molar-refractivity contribution < 1.29 is 9.94 Å². The fraction of sp³-hybridized carbons (Fsp3) is 0.562. The van der Waals surface area contributed by atoms with Gasteiger partial charge in [0.25, 0.3) is 0 Å². The van der Waals surface area contributed by atoms with E-state index in [0.717, 1.165) is 42.9 Å². The first-order chi connectivity index (χ1) is 10.1. The lowest BCUT2D eigenvalue weighted by atomic mass is 10.0. The first kappa shape index (κ1) is 17.1. The largest absolute Gasteiger partial charge is 0.497 e. The van der Waals surface area contributed by atoms with E-state index < -0.39 is 0 Å². The summed E-state index contributed by atoms with van der Waals surface area (Å²) in [5.41, 5.74) is 7.48. The Kier molecular flexibility index (Phi) is 6.85. The van der Waals surface area contributed by atoms with E-state index in [2.05, 4.69) is 30.8 Å². The molecule has 0 fully saturated rings. The molecule has 1 rings (SSSR count). The number of hydrogen-bond donors (Lipinski definition) is 2. The maximum Gasteiger partial charge on any atom is 0.172 e. The average Bonchev–Trinajstić information content (AvgIpc) is 2.54. The fourth-order valence-electron chi connectivity index (χ4n) is 2.43. The van der Waals surface area contributed by atoms with Gasteiger partial charge in [0.05, 0.1) is 12.8 Å². The minimum atomic E-state index is 0.121. The fourth-order valence-corrected chi connectivity index (χ4v) is 2.43. The summed E-state index contributed by atoms with van der Waals surface area (Å²) in [4.78, 5) is 2.26. The summed E-state index contributed by atoms with van der Waals surface area (Å²) in [6.45, 7) is 8.33. The summed E-state index contributed by atoms with van der Waals surface area (Å²) in [7, 11) is 1.64. The highest BCUT2D eigenvalue weighted by Gasteiger charge is 2.17. The predicted molar refractivity (Wildman–Crippen MR) is 87.5 cm³/mol. The molecule has 3 N–H and O–H groups in total. The molecule has 0 bridgehead atoms. The van der Waals surface area contributed by atoms with E-state index in [9.17, 15) is 0 Å². The lowest BCUT2D eigenvalue weighted by Gasteiger charge is -2.29. The van der Waals surface area contributed by atoms with Gasteiger partial charge < -0.3 is 20.6 Å². The average molecular weight is 293 g/mol. The number of oxime groups is 1. The van der Waals surface area contributed by atoms with E-state index in [4.69, 9.17) is 15.7 Å². The SMILES string of the molecule is CCC(CC)CN(CC)c1cc(OC)ccc1/C(N)=N/O. The maximum atomic E-state index is 8.98. The molecule has 0 aliphatic heterocycles. The lowest BCUT2D eigenvalue weighted by Crippen LogP contribution is -2.31. The second-order valence-corrected chi connectivity index (χ2v) is 5.09. The quantitative estimate of drug-likeness (QED) is 0.334. The molecule has 0 atom stereocenters. The van der Waals surface area contributed by atoms with Crippen LogP contribution in [0.3, 0.4) is 0 Å². The van der Waals surface area contributed by atoms with E-state index in [0.29, 0.717) is 5.92 Å². The molecular weight excluding hydrogens is 266 g/mol. The molecule has 0 spiro atoms. The van der Waals surface area contributed by atoms with Crippen LogP contribution < -0.4 is 15.4 Å². The van der Waals surface area contributed by atoms with Crippen LogP contribution in [0.2, 0.25) is 0 Å². The van der Waals surface area contributed by atoms with Gasteiger partial charge in [-0.3, -0.25) is 0 Å². The van der Waals surface area contributed by atoms with Crippen LogP contribution in [0.1, 0.15) is 39.2 Å². The Morgan fingerprint density at radius 1 is 1.33 bits per heavy atom. The summed E-state index contributed by atoms with van der Waals surface area (Å²) in [5.74, 6) is 1.51. The number of nitrogens with two attached hydrogens (primary N) is 1. The minimum absolute atomic E-state index is 0.121. The van der Waals surface area contributed by atoms with Crippen LogP contribution in [0.15, 0.2) is 23.4 Å². The molecule has 0 saturated heterocycles. The number of ether oxygens (including phenoxy) is 1. The van der Waals surface area contributed by atoms with Crippen molar-refractivity contribution in [2.75, 3.05) is 25.1 Å². The molecule has 0 amide bonds. The second-order valence-electron chi connectivity index (χ2n) is 5.09. The van der Waals surface area contributed by atoms with E-state index in [1.165, 1.54) is 0 Å². The van der Waals surface area contributed by atoms with Gasteiger partial charge in [-0.15, -0.1) is 0 Å². The van der Waals surface area contributed by atoms with Gasteiger partial charge in [-0.2, -0.15) is 0 Å². The Bertz CT molecular complexity index is 471. The smallest absolute Gasteiger partial charge is 0.172 e. The van der Waals surface area contributed by atoms with Crippen LogP contribution in [0.25, 0.3) is 0 Å². The molecule has 21 heavy (non-hydrogen) atoms. The Balaban J connectivity index is 3.21. The van der Waals surface area contributed by atoms with Crippen LogP contribution in [-0.2, 0) is 0 Å². The molecule has 5 heteroatoms. The molecule has 0 radical (unpaired) electrons. The number of amidine groups is 1. The Hall–Kier alpha value is -1.91. The van der Waals surface area contributed by atoms with Gasteiger partial charge in [-0.05, 0) is 25.0 Å². The summed E-state index contributed by atoms with van der Waals surface area (Å²) in [5, 5.41) is 12.1. The van der Waals surface area contributed by atoms with Crippen molar-refractivity contribution in [2.45, 2.75) is 33.6 Å². The molecular formula is C16H27N3O2. The van der Waals surface area contributed by atoms with Gasteiger partial charge in [0.15, 0.2) is 5.84 Å². The number of hydrogen-bond acceptors (Lipinski definition) is 4. The molecule has 0 unspecified atom stereocenters. The van der Waals surface area contributed by atoms with Gasteiger partial charge in [0, 0.05) is 24.7 Å². The van der Waals surface area contributed by atoms with Crippen molar-refractivity contribution in [1.29, 1.82) is 0 Å². The van der Waals surface area contributed by atoms with E-state index in [1.54, 1.807) is 7.11 Å². The molecule has 1 aromatic rings. The van der Waals surface area contributed by atoms with Crippen molar-refractivity contribution in [3.8, 4) is 5.75 Å². The van der Waals surface area contributed by atoms with Crippen molar-refractivity contribution in [3.05, 3.63) is 23.8 Å². The molecule has 0 aromatic heterocycles. The van der Waals surface area contributed by atoms with E-state index in [1.807, 2.05) is 18.2 Å². The molecule has 118 valence electrons. The molecule has 5 nitrogen and oxygen atoms in total. The monoisotopic (exact) mass is 293 g/mol. The van der Waals surface area contributed by atoms with Crippen LogP contribution >= 0.6 is 0 Å². The standard InChI is InChI=1S/C16H27N3O2/c1-5-12(6-2)11-19(7-3)15-10-13(21-4)8-9-14(15)16(17)18-20/h8-10,12,20H,5-7,11H2,1-4H3,(H2,17,18). The predicted octanol–water partition coefficient (Wildman–Crippen LogP) is 3.05. The summed E-state index contributed by atoms with van der Waals surface area (Å²) in [6, 6.07) is 5.60. The first-order valence-electron chi connectivity index (χ1n) is 7.51. The maximum absolute atomic E-state index is 8.98. The third kappa shape index (κ3) is 4.28. The molecule has 1 aromatic carbocycles. The minimum Gasteiger partial charge on any atom is -0.497 e. The van der Waals surface area contributed by atoms with Crippen LogP contribution in [0.4, 0.5) is 5.69 Å². The van der Waals surface area contributed by atoms with E-state index in [-0.39, 0.29) is 5.84 Å².